The Morgan fingerprint density at radius 1 is 1.17 bits per heavy atom. The van der Waals surface area contributed by atoms with Crippen molar-refractivity contribution in [3.05, 3.63) is 23.8 Å². The quantitative estimate of drug-likeness (QED) is 0.678. The predicted molar refractivity (Wildman–Crippen MR) is 84.4 cm³/mol. The number of carbonyl (C=O) groups excluding carboxylic acids is 3. The molecule has 126 valence electrons. The fourth-order valence-corrected chi connectivity index (χ4v) is 1.77. The summed E-state index contributed by atoms with van der Waals surface area (Å²) in [6.07, 6.45) is -0.103. The van der Waals surface area contributed by atoms with E-state index in [1.807, 2.05) is 19.2 Å². The summed E-state index contributed by atoms with van der Waals surface area (Å²) in [6, 6.07) is 2.96. The lowest BCUT2D eigenvalue weighted by Crippen LogP contribution is -2.43. The van der Waals surface area contributed by atoms with Crippen molar-refractivity contribution < 1.29 is 23.9 Å². The number of imide groups is 1. The molecule has 0 radical (unpaired) electrons. The zero-order valence-electron chi connectivity index (χ0n) is 13.5. The van der Waals surface area contributed by atoms with Crippen LogP contribution < -0.4 is 21.1 Å². The number of nitrogens with two attached hydrogens (primary N) is 1. The highest BCUT2D eigenvalue weighted by molar-refractivity contribution is 5.98. The van der Waals surface area contributed by atoms with Gasteiger partial charge in [0.05, 0.1) is 24.5 Å². The first-order chi connectivity index (χ1) is 10.7. The van der Waals surface area contributed by atoms with Crippen LogP contribution >= 0.6 is 0 Å². The van der Waals surface area contributed by atoms with Crippen LogP contribution in [0.1, 0.15) is 31.1 Å². The van der Waals surface area contributed by atoms with E-state index in [9.17, 15) is 14.4 Å². The first-order valence-corrected chi connectivity index (χ1v) is 7.00. The van der Waals surface area contributed by atoms with Crippen LogP contribution in [-0.2, 0) is 9.53 Å². The van der Waals surface area contributed by atoms with E-state index in [1.54, 1.807) is 19.1 Å². The summed E-state index contributed by atoms with van der Waals surface area (Å²) in [5.74, 6) is -0.652. The van der Waals surface area contributed by atoms with E-state index < -0.39 is 23.9 Å². The Morgan fingerprint density at radius 3 is 2.35 bits per heavy atom. The van der Waals surface area contributed by atoms with Crippen LogP contribution in [0.2, 0.25) is 0 Å². The zero-order chi connectivity index (χ0) is 17.6. The summed E-state index contributed by atoms with van der Waals surface area (Å²) >= 11 is 0. The van der Waals surface area contributed by atoms with Crippen molar-refractivity contribution in [2.45, 2.75) is 32.9 Å². The van der Waals surface area contributed by atoms with Crippen LogP contribution in [0.25, 0.3) is 0 Å². The molecule has 0 aliphatic carbocycles. The van der Waals surface area contributed by atoms with E-state index in [4.69, 9.17) is 10.5 Å². The number of hydrogen-bond donors (Lipinski definition) is 3. The van der Waals surface area contributed by atoms with E-state index in [1.165, 1.54) is 13.2 Å². The summed E-state index contributed by atoms with van der Waals surface area (Å²) in [5, 5.41) is 4.86. The van der Waals surface area contributed by atoms with Crippen molar-refractivity contribution >= 4 is 23.6 Å². The Kier molecular flexibility index (Phi) is 6.37. The molecule has 1 atom stereocenters. The number of hydrogen-bond acceptors (Lipinski definition) is 6. The number of esters is 1. The molecule has 0 spiro atoms. The second-order valence-corrected chi connectivity index (χ2v) is 5.09. The Hall–Kier alpha value is -2.77. The molecule has 1 aromatic rings. The van der Waals surface area contributed by atoms with Crippen LogP contribution in [0.4, 0.5) is 10.5 Å². The van der Waals surface area contributed by atoms with Crippen molar-refractivity contribution in [3.63, 3.8) is 0 Å². The maximum Gasteiger partial charge on any atom is 0.337 e. The molecule has 8 nitrogen and oxygen atoms in total. The molecule has 8 heteroatoms. The van der Waals surface area contributed by atoms with Crippen molar-refractivity contribution in [2.75, 3.05) is 12.4 Å². The van der Waals surface area contributed by atoms with Crippen LogP contribution in [0.3, 0.4) is 0 Å². The predicted octanol–water partition coefficient (Wildman–Crippen LogP) is 1.26. The molecule has 23 heavy (non-hydrogen) atoms. The number of methoxy groups -OCH3 is 1. The molecule has 0 saturated heterocycles. The van der Waals surface area contributed by atoms with Crippen LogP contribution in [-0.4, -0.2) is 37.2 Å². The largest absolute Gasteiger partial charge is 0.489 e. The highest BCUT2D eigenvalue weighted by Gasteiger charge is 2.18. The molecule has 1 aromatic carbocycles. The number of nitrogens with one attached hydrogen (secondary N) is 2. The molecule has 4 N–H and O–H groups in total. The number of carbonyl (C=O) groups is 3. The second-order valence-electron chi connectivity index (χ2n) is 5.09. The summed E-state index contributed by atoms with van der Waals surface area (Å²) in [4.78, 5) is 34.1. The Morgan fingerprint density at radius 2 is 1.83 bits per heavy atom. The molecule has 1 unspecified atom stereocenters. The SMILES string of the molecule is COC(=O)c1ccc(OC(C)C)c(NC(C)C(=O)NC(N)=O)c1. The van der Waals surface area contributed by atoms with Gasteiger partial charge in [-0.2, -0.15) is 0 Å². The number of benzene rings is 1. The van der Waals surface area contributed by atoms with Gasteiger partial charge in [-0.15, -0.1) is 0 Å². The van der Waals surface area contributed by atoms with Crippen LogP contribution in [0.5, 0.6) is 5.75 Å². The third-order valence-corrected chi connectivity index (χ3v) is 2.78. The molecule has 0 saturated carbocycles. The summed E-state index contributed by atoms with van der Waals surface area (Å²) < 4.78 is 10.3. The van der Waals surface area contributed by atoms with Gasteiger partial charge in [0.2, 0.25) is 5.91 Å². The normalized spacial score (nSPS) is 11.5. The van der Waals surface area contributed by atoms with E-state index in [0.717, 1.165) is 0 Å². The molecule has 0 bridgehead atoms. The van der Waals surface area contributed by atoms with E-state index >= 15 is 0 Å². The lowest BCUT2D eigenvalue weighted by atomic mass is 10.1. The molecule has 0 aromatic heterocycles. The molecule has 0 fully saturated rings. The monoisotopic (exact) mass is 323 g/mol. The minimum absolute atomic E-state index is 0.103. The van der Waals surface area contributed by atoms with Gasteiger partial charge < -0.3 is 20.5 Å². The van der Waals surface area contributed by atoms with E-state index in [-0.39, 0.29) is 6.10 Å². The number of amides is 3. The van der Waals surface area contributed by atoms with Crippen LogP contribution in [0.15, 0.2) is 18.2 Å². The molecular weight excluding hydrogens is 302 g/mol. The number of primary amides is 1. The molecule has 0 heterocycles. The van der Waals surface area contributed by atoms with Crippen molar-refractivity contribution in [3.8, 4) is 5.75 Å². The molecule has 0 aliphatic heterocycles. The second kappa shape index (κ2) is 8.02. The summed E-state index contributed by atoms with van der Waals surface area (Å²) in [6.45, 7) is 5.24. The van der Waals surface area contributed by atoms with Crippen molar-refractivity contribution in [1.82, 2.24) is 5.32 Å². The average molecular weight is 323 g/mol. The average Bonchev–Trinajstić information content (AvgIpc) is 2.46. The highest BCUT2D eigenvalue weighted by atomic mass is 16.5. The number of urea groups is 1. The standard InChI is InChI=1S/C15H21N3O5/c1-8(2)23-12-6-5-10(14(20)22-4)7-11(12)17-9(3)13(19)18-15(16)21/h5-9,17H,1-4H3,(H3,16,18,19,21). The van der Waals surface area contributed by atoms with Gasteiger partial charge >= 0.3 is 12.0 Å². The lowest BCUT2D eigenvalue weighted by molar-refractivity contribution is -0.120. The third-order valence-electron chi connectivity index (χ3n) is 2.78. The van der Waals surface area contributed by atoms with Gasteiger partial charge in [0, 0.05) is 0 Å². The van der Waals surface area contributed by atoms with Gasteiger partial charge in [-0.1, -0.05) is 0 Å². The minimum atomic E-state index is -0.939. The van der Waals surface area contributed by atoms with Gasteiger partial charge in [0.1, 0.15) is 11.8 Å². The maximum atomic E-state index is 11.8. The van der Waals surface area contributed by atoms with Gasteiger partial charge in [0.15, 0.2) is 0 Å². The summed E-state index contributed by atoms with van der Waals surface area (Å²) in [7, 11) is 1.27. The fourth-order valence-electron chi connectivity index (χ4n) is 1.77. The van der Waals surface area contributed by atoms with Crippen molar-refractivity contribution in [1.29, 1.82) is 0 Å². The van der Waals surface area contributed by atoms with Gasteiger partial charge in [0.25, 0.3) is 0 Å². The third kappa shape index (κ3) is 5.50. The van der Waals surface area contributed by atoms with Gasteiger partial charge in [-0.3, -0.25) is 10.1 Å². The Balaban J connectivity index is 3.06. The molecule has 3 amide bonds. The Bertz CT molecular complexity index is 601. The zero-order valence-corrected chi connectivity index (χ0v) is 13.5. The van der Waals surface area contributed by atoms with Gasteiger partial charge in [-0.05, 0) is 39.0 Å². The number of ether oxygens (including phenoxy) is 2. The molecular formula is C15H21N3O5. The van der Waals surface area contributed by atoms with Crippen LogP contribution in [0, 0.1) is 0 Å². The minimum Gasteiger partial charge on any atom is -0.489 e. The van der Waals surface area contributed by atoms with Crippen molar-refractivity contribution in [2.24, 2.45) is 5.73 Å². The first-order valence-electron chi connectivity index (χ1n) is 7.00. The maximum absolute atomic E-state index is 11.8. The summed E-state index contributed by atoms with van der Waals surface area (Å²) in [5.41, 5.74) is 5.64. The highest BCUT2D eigenvalue weighted by Crippen LogP contribution is 2.28. The smallest absolute Gasteiger partial charge is 0.337 e. The van der Waals surface area contributed by atoms with E-state index in [0.29, 0.717) is 17.0 Å². The van der Waals surface area contributed by atoms with E-state index in [2.05, 4.69) is 10.1 Å². The fraction of sp³-hybridized carbons (Fsp3) is 0.400. The Labute approximate surface area is 134 Å². The van der Waals surface area contributed by atoms with Gasteiger partial charge in [-0.25, -0.2) is 9.59 Å². The lowest BCUT2D eigenvalue weighted by Gasteiger charge is -2.19. The topological polar surface area (TPSA) is 120 Å². The number of anilines is 1. The first kappa shape index (κ1) is 18.3. The molecule has 0 aliphatic rings. The number of rotatable bonds is 6. The molecule has 1 rings (SSSR count).